The fraction of sp³-hybridized carbons (Fsp3) is 0.435. The van der Waals surface area contributed by atoms with Gasteiger partial charge in [-0.25, -0.2) is 8.42 Å². The first-order valence-electron chi connectivity index (χ1n) is 10.1. The summed E-state index contributed by atoms with van der Waals surface area (Å²) in [5.74, 6) is -0.0892. The maximum absolute atomic E-state index is 12.9. The highest BCUT2D eigenvalue weighted by Crippen LogP contribution is 2.35. The molecule has 0 saturated heterocycles. The smallest absolute Gasteiger partial charge is 0.251 e. The minimum Gasteiger partial charge on any atom is -0.346 e. The molecule has 1 heterocycles. The van der Waals surface area contributed by atoms with Crippen molar-refractivity contribution in [1.29, 1.82) is 0 Å². The molecule has 0 aliphatic carbocycles. The van der Waals surface area contributed by atoms with E-state index in [0.29, 0.717) is 17.7 Å². The van der Waals surface area contributed by atoms with E-state index in [2.05, 4.69) is 38.2 Å². The van der Waals surface area contributed by atoms with Crippen LogP contribution in [-0.2, 0) is 16.4 Å². The van der Waals surface area contributed by atoms with Gasteiger partial charge in [-0.05, 0) is 94.0 Å². The van der Waals surface area contributed by atoms with Crippen LogP contribution in [0.1, 0.15) is 65.0 Å². The molecule has 1 aliphatic heterocycles. The van der Waals surface area contributed by atoms with Crippen molar-refractivity contribution in [3.05, 3.63) is 63.7 Å². The number of carbonyl (C=O) groups is 1. The Balaban J connectivity index is 1.83. The first-order valence-corrected chi connectivity index (χ1v) is 11.7. The van der Waals surface area contributed by atoms with Crippen LogP contribution in [0, 0.1) is 20.8 Å². The highest BCUT2D eigenvalue weighted by atomic mass is 32.2. The normalized spacial score (nSPS) is 17.2. The number of hydrogen-bond acceptors (Lipinski definition) is 3. The standard InChI is InChI=1S/C23H30N2O3S/c1-7-29(27,28)25-17(5)12-20-13-19(8-9-22(20)25)23(26)24-18(6)21-11-15(3)14(2)10-16(21)4/h8-11,13,17-18H,7,12H2,1-6H3,(H,24,26). The Labute approximate surface area is 174 Å². The fourth-order valence-electron chi connectivity index (χ4n) is 4.11. The topological polar surface area (TPSA) is 66.5 Å². The zero-order valence-corrected chi connectivity index (χ0v) is 18.9. The quantitative estimate of drug-likeness (QED) is 0.797. The van der Waals surface area contributed by atoms with Crippen LogP contribution in [-0.4, -0.2) is 26.1 Å². The van der Waals surface area contributed by atoms with Gasteiger partial charge in [-0.3, -0.25) is 9.10 Å². The van der Waals surface area contributed by atoms with Crippen molar-refractivity contribution in [2.75, 3.05) is 10.1 Å². The average molecular weight is 415 g/mol. The van der Waals surface area contributed by atoms with Crippen LogP contribution in [0.3, 0.4) is 0 Å². The van der Waals surface area contributed by atoms with E-state index >= 15 is 0 Å². The Kier molecular flexibility index (Phi) is 5.77. The minimum atomic E-state index is -3.33. The van der Waals surface area contributed by atoms with Crippen LogP contribution in [0.15, 0.2) is 30.3 Å². The minimum absolute atomic E-state index is 0.0614. The number of amides is 1. The van der Waals surface area contributed by atoms with E-state index in [1.165, 1.54) is 15.4 Å². The van der Waals surface area contributed by atoms with Gasteiger partial charge in [-0.15, -0.1) is 0 Å². The molecule has 2 atom stereocenters. The van der Waals surface area contributed by atoms with Crippen molar-refractivity contribution in [1.82, 2.24) is 5.32 Å². The van der Waals surface area contributed by atoms with Gasteiger partial charge in [0.05, 0.1) is 17.5 Å². The predicted molar refractivity (Wildman–Crippen MR) is 118 cm³/mol. The van der Waals surface area contributed by atoms with Gasteiger partial charge in [0.15, 0.2) is 0 Å². The van der Waals surface area contributed by atoms with Gasteiger partial charge in [0.25, 0.3) is 5.91 Å². The van der Waals surface area contributed by atoms with Gasteiger partial charge in [-0.1, -0.05) is 12.1 Å². The molecule has 1 aliphatic rings. The lowest BCUT2D eigenvalue weighted by molar-refractivity contribution is 0.0939. The van der Waals surface area contributed by atoms with Crippen molar-refractivity contribution < 1.29 is 13.2 Å². The number of fused-ring (bicyclic) bond motifs is 1. The van der Waals surface area contributed by atoms with Gasteiger partial charge in [-0.2, -0.15) is 0 Å². The molecule has 5 nitrogen and oxygen atoms in total. The third-order valence-corrected chi connectivity index (χ3v) is 7.74. The maximum atomic E-state index is 12.9. The summed E-state index contributed by atoms with van der Waals surface area (Å²) in [4.78, 5) is 12.9. The predicted octanol–water partition coefficient (Wildman–Crippen LogP) is 4.20. The fourth-order valence-corrected chi connectivity index (χ4v) is 5.49. The third-order valence-electron chi connectivity index (χ3n) is 5.86. The molecular weight excluding hydrogens is 384 g/mol. The molecular formula is C23H30N2O3S. The lowest BCUT2D eigenvalue weighted by Crippen LogP contribution is -2.36. The van der Waals surface area contributed by atoms with E-state index in [0.717, 1.165) is 16.7 Å². The SMILES string of the molecule is CCS(=O)(=O)N1c2ccc(C(=O)NC(C)c3cc(C)c(C)cc3C)cc2CC1C. The molecule has 0 radical (unpaired) electrons. The van der Waals surface area contributed by atoms with Gasteiger partial charge in [0.2, 0.25) is 10.0 Å². The molecule has 29 heavy (non-hydrogen) atoms. The Hall–Kier alpha value is -2.34. The molecule has 2 unspecified atom stereocenters. The van der Waals surface area contributed by atoms with E-state index in [4.69, 9.17) is 0 Å². The second-order valence-electron chi connectivity index (χ2n) is 8.08. The Morgan fingerprint density at radius 3 is 2.45 bits per heavy atom. The number of hydrogen-bond donors (Lipinski definition) is 1. The highest BCUT2D eigenvalue weighted by molar-refractivity contribution is 7.92. The molecule has 156 valence electrons. The number of nitrogens with zero attached hydrogens (tertiary/aromatic N) is 1. The molecule has 0 bridgehead atoms. The first-order chi connectivity index (χ1) is 13.5. The molecule has 6 heteroatoms. The van der Waals surface area contributed by atoms with Crippen LogP contribution in [0.4, 0.5) is 5.69 Å². The second kappa shape index (κ2) is 7.82. The van der Waals surface area contributed by atoms with E-state index < -0.39 is 10.0 Å². The summed E-state index contributed by atoms with van der Waals surface area (Å²) in [6.07, 6.45) is 0.613. The number of carbonyl (C=O) groups excluding carboxylic acids is 1. The van der Waals surface area contributed by atoms with E-state index in [9.17, 15) is 13.2 Å². The van der Waals surface area contributed by atoms with E-state index in [1.54, 1.807) is 19.1 Å². The highest BCUT2D eigenvalue weighted by Gasteiger charge is 2.34. The molecule has 2 aromatic carbocycles. The third kappa shape index (κ3) is 4.04. The Morgan fingerprint density at radius 2 is 1.79 bits per heavy atom. The summed E-state index contributed by atoms with van der Waals surface area (Å²) >= 11 is 0. The molecule has 0 spiro atoms. The summed E-state index contributed by atoms with van der Waals surface area (Å²) in [6, 6.07) is 9.32. The van der Waals surface area contributed by atoms with Crippen molar-refractivity contribution in [3.63, 3.8) is 0 Å². The number of aryl methyl sites for hydroxylation is 3. The van der Waals surface area contributed by atoms with E-state index in [-0.39, 0.29) is 23.7 Å². The lowest BCUT2D eigenvalue weighted by Gasteiger charge is -2.23. The zero-order valence-electron chi connectivity index (χ0n) is 18.0. The summed E-state index contributed by atoms with van der Waals surface area (Å²) < 4.78 is 26.3. The summed E-state index contributed by atoms with van der Waals surface area (Å²) in [5, 5.41) is 3.08. The number of nitrogens with one attached hydrogen (secondary N) is 1. The molecule has 3 rings (SSSR count). The number of rotatable bonds is 5. The molecule has 0 saturated carbocycles. The van der Waals surface area contributed by atoms with Crippen LogP contribution >= 0.6 is 0 Å². The number of benzene rings is 2. The lowest BCUT2D eigenvalue weighted by atomic mass is 9.96. The molecule has 0 aromatic heterocycles. The van der Waals surface area contributed by atoms with Crippen molar-refractivity contribution in [3.8, 4) is 0 Å². The summed E-state index contributed by atoms with van der Waals surface area (Å²) in [6.45, 7) is 11.8. The number of sulfonamides is 1. The first kappa shape index (κ1) is 21.4. The number of anilines is 1. The Morgan fingerprint density at radius 1 is 1.14 bits per heavy atom. The van der Waals surface area contributed by atoms with Crippen molar-refractivity contribution >= 4 is 21.6 Å². The average Bonchev–Trinajstić information content (AvgIpc) is 3.00. The van der Waals surface area contributed by atoms with Gasteiger partial charge in [0.1, 0.15) is 0 Å². The van der Waals surface area contributed by atoms with Crippen LogP contribution in [0.25, 0.3) is 0 Å². The second-order valence-corrected chi connectivity index (χ2v) is 10.2. The van der Waals surface area contributed by atoms with Gasteiger partial charge in [0, 0.05) is 11.6 Å². The monoisotopic (exact) mass is 414 g/mol. The molecule has 0 fully saturated rings. The summed E-state index contributed by atoms with van der Waals surface area (Å²) in [5.41, 5.74) is 6.85. The van der Waals surface area contributed by atoms with Gasteiger partial charge >= 0.3 is 0 Å². The largest absolute Gasteiger partial charge is 0.346 e. The van der Waals surface area contributed by atoms with Crippen molar-refractivity contribution in [2.24, 2.45) is 0 Å². The molecule has 2 aromatic rings. The van der Waals surface area contributed by atoms with Crippen LogP contribution < -0.4 is 9.62 Å². The molecule has 1 amide bonds. The summed E-state index contributed by atoms with van der Waals surface area (Å²) in [7, 11) is -3.33. The zero-order chi connectivity index (χ0) is 21.5. The molecule has 1 N–H and O–H groups in total. The van der Waals surface area contributed by atoms with E-state index in [1.807, 2.05) is 19.9 Å². The van der Waals surface area contributed by atoms with Crippen molar-refractivity contribution in [2.45, 2.75) is 60.0 Å². The van der Waals surface area contributed by atoms with Crippen LogP contribution in [0.2, 0.25) is 0 Å². The van der Waals surface area contributed by atoms with Gasteiger partial charge < -0.3 is 5.32 Å². The van der Waals surface area contributed by atoms with Crippen LogP contribution in [0.5, 0.6) is 0 Å². The Bertz CT molecular complexity index is 1060. The maximum Gasteiger partial charge on any atom is 0.251 e.